The fourth-order valence-electron chi connectivity index (χ4n) is 3.91. The molecule has 3 unspecified atom stereocenters. The lowest BCUT2D eigenvalue weighted by molar-refractivity contribution is 0.253. The number of benzene rings is 1. The number of likely N-dealkylation sites (tertiary alicyclic amines) is 1. The molecule has 2 aliphatic heterocycles. The van der Waals surface area contributed by atoms with Crippen LogP contribution in [0, 0.1) is 5.82 Å². The lowest BCUT2D eigenvalue weighted by Gasteiger charge is -2.29. The maximum Gasteiger partial charge on any atom is 0.123 e. The average Bonchev–Trinajstić information content (AvgIpc) is 3.24. The molecule has 2 fully saturated rings. The molecule has 0 aromatic heterocycles. The molecule has 0 amide bonds. The molecular formula is C17H23FN2S. The van der Waals surface area contributed by atoms with Gasteiger partial charge in [-0.3, -0.25) is 4.90 Å². The number of fused-ring (bicyclic) bond motifs is 1. The van der Waals surface area contributed by atoms with E-state index in [-0.39, 0.29) is 5.82 Å². The van der Waals surface area contributed by atoms with Crippen molar-refractivity contribution >= 4 is 11.8 Å². The normalized spacial score (nSPS) is 33.1. The van der Waals surface area contributed by atoms with Crippen LogP contribution in [0.25, 0.3) is 0 Å². The summed E-state index contributed by atoms with van der Waals surface area (Å²) in [7, 11) is 0. The van der Waals surface area contributed by atoms with Crippen molar-refractivity contribution in [1.29, 1.82) is 0 Å². The van der Waals surface area contributed by atoms with Gasteiger partial charge in [0, 0.05) is 35.6 Å². The van der Waals surface area contributed by atoms with Crippen molar-refractivity contribution in [3.05, 3.63) is 29.6 Å². The van der Waals surface area contributed by atoms with Crippen molar-refractivity contribution in [1.82, 2.24) is 10.2 Å². The largest absolute Gasteiger partial charge is 0.306 e. The van der Waals surface area contributed by atoms with Crippen LogP contribution in [0.15, 0.2) is 23.1 Å². The third kappa shape index (κ3) is 2.86. The van der Waals surface area contributed by atoms with E-state index in [1.165, 1.54) is 36.3 Å². The second kappa shape index (κ2) is 5.56. The van der Waals surface area contributed by atoms with Crippen LogP contribution in [-0.4, -0.2) is 35.3 Å². The lowest BCUT2D eigenvalue weighted by atomic mass is 10.0. The van der Waals surface area contributed by atoms with Crippen molar-refractivity contribution < 1.29 is 4.39 Å². The van der Waals surface area contributed by atoms with E-state index in [4.69, 9.17) is 0 Å². The molecule has 0 radical (unpaired) electrons. The number of hydrogen-bond donors (Lipinski definition) is 1. The Morgan fingerprint density at radius 3 is 2.95 bits per heavy atom. The summed E-state index contributed by atoms with van der Waals surface area (Å²) in [4.78, 5) is 3.92. The first-order valence-corrected chi connectivity index (χ1v) is 9.13. The van der Waals surface area contributed by atoms with Gasteiger partial charge >= 0.3 is 0 Å². The lowest BCUT2D eigenvalue weighted by Crippen LogP contribution is -2.37. The molecule has 3 aliphatic rings. The van der Waals surface area contributed by atoms with E-state index in [1.54, 1.807) is 12.1 Å². The summed E-state index contributed by atoms with van der Waals surface area (Å²) in [5, 5.41) is 3.82. The van der Waals surface area contributed by atoms with Crippen molar-refractivity contribution in [2.45, 2.75) is 61.7 Å². The van der Waals surface area contributed by atoms with E-state index in [0.29, 0.717) is 18.1 Å². The summed E-state index contributed by atoms with van der Waals surface area (Å²) in [6, 6.07) is 7.69. The predicted molar refractivity (Wildman–Crippen MR) is 85.2 cm³/mol. The maximum atomic E-state index is 13.6. The van der Waals surface area contributed by atoms with E-state index in [1.807, 2.05) is 17.8 Å². The van der Waals surface area contributed by atoms with Crippen molar-refractivity contribution in [3.63, 3.8) is 0 Å². The number of halogens is 1. The highest BCUT2D eigenvalue weighted by Gasteiger charge is 2.39. The summed E-state index contributed by atoms with van der Waals surface area (Å²) in [5.74, 6) is 1.02. The molecule has 1 aromatic rings. The van der Waals surface area contributed by atoms with Crippen LogP contribution in [0.4, 0.5) is 4.39 Å². The highest BCUT2D eigenvalue weighted by atomic mass is 32.2. The van der Waals surface area contributed by atoms with Gasteiger partial charge in [0.25, 0.3) is 0 Å². The second-order valence-corrected chi connectivity index (χ2v) is 7.88. The van der Waals surface area contributed by atoms with Gasteiger partial charge in [-0.1, -0.05) is 0 Å². The van der Waals surface area contributed by atoms with E-state index in [2.05, 4.69) is 17.1 Å². The van der Waals surface area contributed by atoms with Gasteiger partial charge in [-0.2, -0.15) is 0 Å². The number of rotatable bonds is 3. The van der Waals surface area contributed by atoms with Crippen LogP contribution < -0.4 is 5.32 Å². The van der Waals surface area contributed by atoms with Crippen LogP contribution in [-0.2, 0) is 0 Å². The first kappa shape index (κ1) is 14.0. The number of nitrogens with one attached hydrogen (secondary N) is 1. The highest BCUT2D eigenvalue weighted by Crippen LogP contribution is 2.38. The third-order valence-corrected chi connectivity index (χ3v) is 6.21. The van der Waals surface area contributed by atoms with Gasteiger partial charge < -0.3 is 5.32 Å². The molecule has 3 atom stereocenters. The van der Waals surface area contributed by atoms with Crippen molar-refractivity contribution in [3.8, 4) is 0 Å². The Balaban J connectivity index is 1.47. The zero-order valence-electron chi connectivity index (χ0n) is 12.5. The van der Waals surface area contributed by atoms with Gasteiger partial charge in [0.05, 0.1) is 0 Å². The second-order valence-electron chi connectivity index (χ2n) is 6.75. The number of nitrogens with zero attached hydrogens (tertiary/aromatic N) is 1. The van der Waals surface area contributed by atoms with Crippen LogP contribution >= 0.6 is 11.8 Å². The first-order chi connectivity index (χ1) is 10.2. The number of hydrogen-bond acceptors (Lipinski definition) is 3. The Kier molecular flexibility index (Phi) is 3.72. The van der Waals surface area contributed by atoms with E-state index >= 15 is 0 Å². The van der Waals surface area contributed by atoms with Gasteiger partial charge in [0.15, 0.2) is 0 Å². The Labute approximate surface area is 130 Å². The minimum Gasteiger partial charge on any atom is -0.306 e. The van der Waals surface area contributed by atoms with Crippen LogP contribution in [0.1, 0.15) is 44.2 Å². The molecule has 1 N–H and O–H groups in total. The number of thioether (sulfide) groups is 1. The zero-order valence-corrected chi connectivity index (χ0v) is 13.3. The molecule has 4 heteroatoms. The molecule has 114 valence electrons. The Morgan fingerprint density at radius 1 is 1.29 bits per heavy atom. The van der Waals surface area contributed by atoms with Crippen molar-refractivity contribution in [2.24, 2.45) is 0 Å². The molecule has 0 spiro atoms. The van der Waals surface area contributed by atoms with Gasteiger partial charge in [0.2, 0.25) is 0 Å². The summed E-state index contributed by atoms with van der Waals surface area (Å²) >= 11 is 1.86. The molecule has 2 heterocycles. The van der Waals surface area contributed by atoms with Crippen molar-refractivity contribution in [2.75, 3.05) is 12.3 Å². The fraction of sp³-hybridized carbons (Fsp3) is 0.647. The molecule has 1 saturated carbocycles. The smallest absolute Gasteiger partial charge is 0.123 e. The predicted octanol–water partition coefficient (Wildman–Crippen LogP) is 3.58. The molecule has 1 saturated heterocycles. The van der Waals surface area contributed by atoms with Gasteiger partial charge in [-0.05, 0) is 62.1 Å². The summed E-state index contributed by atoms with van der Waals surface area (Å²) < 4.78 is 13.6. The summed E-state index contributed by atoms with van der Waals surface area (Å²) in [5.41, 5.74) is 1.17. The molecule has 1 aromatic carbocycles. The molecule has 0 bridgehead atoms. The fourth-order valence-corrected chi connectivity index (χ4v) is 5.02. The molecule has 21 heavy (non-hydrogen) atoms. The summed E-state index contributed by atoms with van der Waals surface area (Å²) in [6.07, 6.45) is 5.09. The van der Waals surface area contributed by atoms with Crippen LogP contribution in [0.2, 0.25) is 0 Å². The van der Waals surface area contributed by atoms with Crippen LogP contribution in [0.3, 0.4) is 0 Å². The standard InChI is InChI=1S/C17H23FN2S/c1-11-8-13(10-20(11)14-3-4-14)19-16-6-7-21-17-5-2-12(18)9-15(16)17/h2,5,9,11,13-14,16,19H,3-4,6-8,10H2,1H3. The zero-order chi connectivity index (χ0) is 14.4. The van der Waals surface area contributed by atoms with E-state index in [9.17, 15) is 4.39 Å². The van der Waals surface area contributed by atoms with Gasteiger partial charge in [0.1, 0.15) is 5.82 Å². The molecule has 1 aliphatic carbocycles. The monoisotopic (exact) mass is 306 g/mol. The SMILES string of the molecule is CC1CC(NC2CCSc3ccc(F)cc32)CN1C1CC1. The Hall–Kier alpha value is -0.580. The van der Waals surface area contributed by atoms with Gasteiger partial charge in [-0.25, -0.2) is 4.39 Å². The Morgan fingerprint density at radius 2 is 2.14 bits per heavy atom. The summed E-state index contributed by atoms with van der Waals surface area (Å²) in [6.45, 7) is 3.52. The first-order valence-electron chi connectivity index (χ1n) is 8.15. The van der Waals surface area contributed by atoms with E-state index < -0.39 is 0 Å². The minimum absolute atomic E-state index is 0.109. The molecular weight excluding hydrogens is 283 g/mol. The van der Waals surface area contributed by atoms with Gasteiger partial charge in [-0.15, -0.1) is 11.8 Å². The Bertz CT molecular complexity index is 532. The van der Waals surface area contributed by atoms with Crippen LogP contribution in [0.5, 0.6) is 0 Å². The average molecular weight is 306 g/mol. The highest BCUT2D eigenvalue weighted by molar-refractivity contribution is 7.99. The molecule has 4 rings (SSSR count). The maximum absolute atomic E-state index is 13.6. The topological polar surface area (TPSA) is 15.3 Å². The van der Waals surface area contributed by atoms with E-state index in [0.717, 1.165) is 18.2 Å². The third-order valence-electron chi connectivity index (χ3n) is 5.09. The molecule has 2 nitrogen and oxygen atoms in total. The minimum atomic E-state index is -0.109. The quantitative estimate of drug-likeness (QED) is 0.919.